The summed E-state index contributed by atoms with van der Waals surface area (Å²) in [7, 11) is 0. The zero-order valence-corrected chi connectivity index (χ0v) is 13.5. The first kappa shape index (κ1) is 17.8. The molecular formula is C19H24O3. The summed E-state index contributed by atoms with van der Waals surface area (Å²) in [5.41, 5.74) is 3.37. The molecule has 1 N–H and O–H groups in total. The van der Waals surface area contributed by atoms with Gasteiger partial charge in [-0.1, -0.05) is 29.4 Å². The Morgan fingerprint density at radius 3 is 2.45 bits per heavy atom. The van der Waals surface area contributed by atoms with Crippen LogP contribution in [0.15, 0.2) is 53.6 Å². The number of ether oxygens (including phenoxy) is 1. The van der Waals surface area contributed by atoms with Gasteiger partial charge < -0.3 is 9.84 Å². The molecule has 22 heavy (non-hydrogen) atoms. The van der Waals surface area contributed by atoms with Gasteiger partial charge in [0.25, 0.3) is 0 Å². The largest absolute Gasteiger partial charge is 0.508 e. The molecule has 0 unspecified atom stereocenters. The molecule has 0 aliphatic carbocycles. The molecule has 118 valence electrons. The normalized spacial score (nSPS) is 11.5. The lowest BCUT2D eigenvalue weighted by Crippen LogP contribution is -2.00. The lowest BCUT2D eigenvalue weighted by Gasteiger charge is -2.01. The SMILES string of the molecule is CC(C)=CCC/C(C)=C\COC(=O)/C=C/c1ccc(O)cc1. The Morgan fingerprint density at radius 2 is 1.82 bits per heavy atom. The second-order valence-electron chi connectivity index (χ2n) is 5.43. The van der Waals surface area contributed by atoms with Crippen LogP contribution in [0.25, 0.3) is 6.08 Å². The van der Waals surface area contributed by atoms with E-state index in [4.69, 9.17) is 9.84 Å². The van der Waals surface area contributed by atoms with Gasteiger partial charge in [0.1, 0.15) is 12.4 Å². The smallest absolute Gasteiger partial charge is 0.331 e. The van der Waals surface area contributed by atoms with Gasteiger partial charge in [-0.3, -0.25) is 0 Å². The van der Waals surface area contributed by atoms with Crippen LogP contribution in [-0.4, -0.2) is 17.7 Å². The fourth-order valence-corrected chi connectivity index (χ4v) is 1.75. The number of allylic oxidation sites excluding steroid dienone is 3. The van der Waals surface area contributed by atoms with Crippen LogP contribution in [-0.2, 0) is 9.53 Å². The molecule has 1 rings (SSSR count). The summed E-state index contributed by atoms with van der Waals surface area (Å²) in [6, 6.07) is 6.60. The van der Waals surface area contributed by atoms with E-state index in [2.05, 4.69) is 19.9 Å². The Bertz CT molecular complexity index is 559. The Morgan fingerprint density at radius 1 is 1.14 bits per heavy atom. The number of carbonyl (C=O) groups is 1. The Hall–Kier alpha value is -2.29. The summed E-state index contributed by atoms with van der Waals surface area (Å²) in [5.74, 6) is -0.171. The van der Waals surface area contributed by atoms with E-state index in [-0.39, 0.29) is 11.7 Å². The van der Waals surface area contributed by atoms with Crippen LogP contribution in [0, 0.1) is 0 Å². The fraction of sp³-hybridized carbons (Fsp3) is 0.316. The van der Waals surface area contributed by atoms with E-state index in [1.165, 1.54) is 17.2 Å². The monoisotopic (exact) mass is 300 g/mol. The highest BCUT2D eigenvalue weighted by molar-refractivity contribution is 5.87. The maximum atomic E-state index is 11.6. The van der Waals surface area contributed by atoms with Crippen molar-refractivity contribution >= 4 is 12.0 Å². The molecule has 3 nitrogen and oxygen atoms in total. The first-order chi connectivity index (χ1) is 10.5. The van der Waals surface area contributed by atoms with E-state index in [0.717, 1.165) is 18.4 Å². The topological polar surface area (TPSA) is 46.5 Å². The number of phenols is 1. The molecule has 1 aromatic rings. The second-order valence-corrected chi connectivity index (χ2v) is 5.43. The van der Waals surface area contributed by atoms with Gasteiger partial charge in [0.05, 0.1) is 0 Å². The molecular weight excluding hydrogens is 276 g/mol. The first-order valence-electron chi connectivity index (χ1n) is 7.40. The summed E-state index contributed by atoms with van der Waals surface area (Å²) in [6.45, 7) is 6.50. The molecule has 0 atom stereocenters. The van der Waals surface area contributed by atoms with Gasteiger partial charge in [-0.2, -0.15) is 0 Å². The first-order valence-corrected chi connectivity index (χ1v) is 7.40. The molecule has 3 heteroatoms. The van der Waals surface area contributed by atoms with Crippen LogP contribution < -0.4 is 0 Å². The zero-order valence-electron chi connectivity index (χ0n) is 13.5. The average Bonchev–Trinajstić information content (AvgIpc) is 2.46. The van der Waals surface area contributed by atoms with Crippen molar-refractivity contribution in [3.63, 3.8) is 0 Å². The second kappa shape index (κ2) is 9.61. The number of esters is 1. The molecule has 0 saturated carbocycles. The Labute approximate surface area is 132 Å². The third-order valence-corrected chi connectivity index (χ3v) is 3.05. The summed E-state index contributed by atoms with van der Waals surface area (Å²) in [4.78, 5) is 11.6. The van der Waals surface area contributed by atoms with Crippen molar-refractivity contribution in [3.8, 4) is 5.75 Å². The molecule has 0 spiro atoms. The molecule has 1 aromatic carbocycles. The van der Waals surface area contributed by atoms with Gasteiger partial charge in [0.15, 0.2) is 0 Å². The summed E-state index contributed by atoms with van der Waals surface area (Å²) in [6.07, 6.45) is 9.17. The summed E-state index contributed by atoms with van der Waals surface area (Å²) < 4.78 is 5.12. The molecule has 0 heterocycles. The van der Waals surface area contributed by atoms with Crippen molar-refractivity contribution in [1.29, 1.82) is 0 Å². The van der Waals surface area contributed by atoms with Crippen LogP contribution in [0.2, 0.25) is 0 Å². The fourth-order valence-electron chi connectivity index (χ4n) is 1.75. The maximum Gasteiger partial charge on any atom is 0.331 e. The van der Waals surface area contributed by atoms with Gasteiger partial charge in [0, 0.05) is 6.08 Å². The average molecular weight is 300 g/mol. The molecule has 0 saturated heterocycles. The van der Waals surface area contributed by atoms with Crippen molar-refractivity contribution in [1.82, 2.24) is 0 Å². The zero-order chi connectivity index (χ0) is 16.4. The highest BCUT2D eigenvalue weighted by atomic mass is 16.5. The predicted octanol–water partition coefficient (Wildman–Crippen LogP) is 4.64. The summed E-state index contributed by atoms with van der Waals surface area (Å²) in [5, 5.41) is 9.17. The number of phenolic OH excluding ortho intramolecular Hbond substituents is 1. The minimum atomic E-state index is -0.374. The van der Waals surface area contributed by atoms with Crippen LogP contribution in [0.1, 0.15) is 39.2 Å². The molecule has 0 aliphatic rings. The van der Waals surface area contributed by atoms with Crippen molar-refractivity contribution in [2.24, 2.45) is 0 Å². The van der Waals surface area contributed by atoms with E-state index in [1.54, 1.807) is 30.3 Å². The quantitative estimate of drug-likeness (QED) is 0.453. The van der Waals surface area contributed by atoms with Crippen molar-refractivity contribution in [3.05, 3.63) is 59.2 Å². The lowest BCUT2D eigenvalue weighted by molar-refractivity contribution is -0.136. The number of aromatic hydroxyl groups is 1. The Balaban J connectivity index is 2.33. The highest BCUT2D eigenvalue weighted by Gasteiger charge is 1.96. The number of benzene rings is 1. The maximum absolute atomic E-state index is 11.6. The molecule has 0 fully saturated rings. The number of rotatable bonds is 7. The van der Waals surface area contributed by atoms with Gasteiger partial charge in [-0.25, -0.2) is 4.79 Å². The third kappa shape index (κ3) is 8.10. The van der Waals surface area contributed by atoms with Crippen LogP contribution in [0.5, 0.6) is 5.75 Å². The van der Waals surface area contributed by atoms with E-state index in [9.17, 15) is 4.79 Å². The van der Waals surface area contributed by atoms with E-state index >= 15 is 0 Å². The number of hydrogen-bond donors (Lipinski definition) is 1. The molecule has 0 aliphatic heterocycles. The summed E-state index contributed by atoms with van der Waals surface area (Å²) >= 11 is 0. The highest BCUT2D eigenvalue weighted by Crippen LogP contribution is 2.11. The molecule has 0 amide bonds. The molecule has 0 bridgehead atoms. The number of hydrogen-bond acceptors (Lipinski definition) is 3. The van der Waals surface area contributed by atoms with E-state index in [0.29, 0.717) is 6.61 Å². The Kier molecular flexibility index (Phi) is 7.76. The van der Waals surface area contributed by atoms with Gasteiger partial charge >= 0.3 is 5.97 Å². The lowest BCUT2D eigenvalue weighted by atomic mass is 10.1. The number of carbonyl (C=O) groups excluding carboxylic acids is 1. The van der Waals surface area contributed by atoms with Crippen molar-refractivity contribution in [2.75, 3.05) is 6.61 Å². The standard InChI is InChI=1S/C19H24O3/c1-15(2)5-4-6-16(3)13-14-22-19(21)12-9-17-7-10-18(20)11-8-17/h5,7-13,20H,4,6,14H2,1-3H3/b12-9+,16-13-. The van der Waals surface area contributed by atoms with Gasteiger partial charge in [0.2, 0.25) is 0 Å². The molecule has 0 aromatic heterocycles. The van der Waals surface area contributed by atoms with Crippen LogP contribution in [0.4, 0.5) is 0 Å². The van der Waals surface area contributed by atoms with E-state index in [1.807, 2.05) is 13.0 Å². The minimum Gasteiger partial charge on any atom is -0.508 e. The van der Waals surface area contributed by atoms with Crippen molar-refractivity contribution in [2.45, 2.75) is 33.6 Å². The van der Waals surface area contributed by atoms with Crippen molar-refractivity contribution < 1.29 is 14.6 Å². The van der Waals surface area contributed by atoms with Gasteiger partial charge in [-0.15, -0.1) is 0 Å². The third-order valence-electron chi connectivity index (χ3n) is 3.05. The minimum absolute atomic E-state index is 0.202. The van der Waals surface area contributed by atoms with Crippen LogP contribution >= 0.6 is 0 Å². The molecule has 0 radical (unpaired) electrons. The predicted molar refractivity (Wildman–Crippen MR) is 90.5 cm³/mol. The van der Waals surface area contributed by atoms with Gasteiger partial charge in [-0.05, 0) is 63.5 Å². The van der Waals surface area contributed by atoms with E-state index < -0.39 is 0 Å². The van der Waals surface area contributed by atoms with Crippen LogP contribution in [0.3, 0.4) is 0 Å².